The predicted molar refractivity (Wildman–Crippen MR) is 143 cm³/mol. The molecule has 3 rings (SSSR count). The van der Waals surface area contributed by atoms with E-state index in [1.54, 1.807) is 7.11 Å². The van der Waals surface area contributed by atoms with Gasteiger partial charge in [-0.1, -0.05) is 68.5 Å². The lowest BCUT2D eigenvalue weighted by Crippen LogP contribution is -2.42. The summed E-state index contributed by atoms with van der Waals surface area (Å²) in [7, 11) is 3.64. The molecule has 2 atom stereocenters. The minimum atomic E-state index is -1.16. The van der Waals surface area contributed by atoms with Crippen LogP contribution in [0.1, 0.15) is 84.8 Å². The molecule has 1 aliphatic carbocycles. The maximum atomic E-state index is 13.3. The van der Waals surface area contributed by atoms with Crippen molar-refractivity contribution >= 4 is 5.91 Å². The third-order valence-corrected chi connectivity index (χ3v) is 7.46. The minimum absolute atomic E-state index is 0.0746. The highest BCUT2D eigenvalue weighted by molar-refractivity contribution is 5.94. The number of carbonyl (C=O) groups is 1. The van der Waals surface area contributed by atoms with E-state index in [4.69, 9.17) is 4.74 Å². The summed E-state index contributed by atoms with van der Waals surface area (Å²) in [6, 6.07) is 15.6. The predicted octanol–water partition coefficient (Wildman–Crippen LogP) is 5.34. The van der Waals surface area contributed by atoms with Gasteiger partial charge in [-0.3, -0.25) is 4.79 Å². The Morgan fingerprint density at radius 3 is 2.60 bits per heavy atom. The molecule has 5 heteroatoms. The van der Waals surface area contributed by atoms with Crippen molar-refractivity contribution in [2.75, 3.05) is 27.3 Å². The first-order valence-electron chi connectivity index (χ1n) is 13.3. The Morgan fingerprint density at radius 2 is 1.89 bits per heavy atom. The average Bonchev–Trinajstić information content (AvgIpc) is 2.87. The Bertz CT molecular complexity index is 925. The van der Waals surface area contributed by atoms with Crippen molar-refractivity contribution < 1.29 is 14.6 Å². The molecule has 2 aromatic rings. The van der Waals surface area contributed by atoms with Crippen LogP contribution in [0.15, 0.2) is 48.5 Å². The van der Waals surface area contributed by atoms with Gasteiger partial charge in [-0.25, -0.2) is 0 Å². The molecule has 2 aromatic carbocycles. The first-order chi connectivity index (χ1) is 17.0. The van der Waals surface area contributed by atoms with Crippen molar-refractivity contribution in [3.8, 4) is 0 Å². The molecule has 0 heterocycles. The molecule has 3 N–H and O–H groups in total. The average molecular weight is 481 g/mol. The van der Waals surface area contributed by atoms with Gasteiger partial charge >= 0.3 is 0 Å². The fourth-order valence-electron chi connectivity index (χ4n) is 5.55. The number of methoxy groups -OCH3 is 1. The van der Waals surface area contributed by atoms with Crippen LogP contribution in [0.25, 0.3) is 0 Å². The lowest BCUT2D eigenvalue weighted by atomic mass is 9.79. The van der Waals surface area contributed by atoms with Crippen LogP contribution in [0.2, 0.25) is 0 Å². The highest BCUT2D eigenvalue weighted by Crippen LogP contribution is 2.37. The number of nitrogens with one attached hydrogen (secondary N) is 2. The van der Waals surface area contributed by atoms with Gasteiger partial charge in [0.2, 0.25) is 0 Å². The molecule has 0 unspecified atom stereocenters. The summed E-state index contributed by atoms with van der Waals surface area (Å²) in [5.74, 6) is 0.612. The lowest BCUT2D eigenvalue weighted by Gasteiger charge is -2.31. The monoisotopic (exact) mass is 480 g/mol. The van der Waals surface area contributed by atoms with Crippen LogP contribution in [0.4, 0.5) is 0 Å². The first-order valence-corrected chi connectivity index (χ1v) is 13.3. The molecule has 1 aliphatic rings. The number of hydrogen-bond donors (Lipinski definition) is 3. The quantitative estimate of drug-likeness (QED) is 0.339. The number of carbonyl (C=O) groups excluding carboxylic acids is 1. The Hall–Kier alpha value is -2.21. The van der Waals surface area contributed by atoms with Crippen LogP contribution in [0, 0.1) is 12.8 Å². The standard InChI is InChI=1S/C30H44N2O3/c1-23-12-7-8-17-28(23)30(34,18-9-10-19-35-3)26-16-11-15-25(21-26)29(33)32-27(22-31-2)20-24-13-5-4-6-14-24/h7-8,11-12,15-17,21,24,27,31,34H,4-6,9-10,13-14,18-20,22H2,1-3H3,(H,32,33)/t27-,30-/m0/s1. The fraction of sp³-hybridized carbons (Fsp3) is 0.567. The Morgan fingerprint density at radius 1 is 1.11 bits per heavy atom. The van der Waals surface area contributed by atoms with Gasteiger partial charge in [0.1, 0.15) is 5.60 Å². The lowest BCUT2D eigenvalue weighted by molar-refractivity contribution is 0.0644. The summed E-state index contributed by atoms with van der Waals surface area (Å²) in [4.78, 5) is 13.3. The summed E-state index contributed by atoms with van der Waals surface area (Å²) in [5.41, 5.74) is 2.12. The van der Waals surface area contributed by atoms with Gasteiger partial charge in [-0.05, 0) is 74.4 Å². The van der Waals surface area contributed by atoms with E-state index in [9.17, 15) is 9.90 Å². The minimum Gasteiger partial charge on any atom is -0.385 e. The van der Waals surface area contributed by atoms with Crippen LogP contribution in [-0.4, -0.2) is 44.4 Å². The Labute approximate surface area is 211 Å². The van der Waals surface area contributed by atoms with Crippen molar-refractivity contribution in [1.29, 1.82) is 0 Å². The van der Waals surface area contributed by atoms with Gasteiger partial charge < -0.3 is 20.5 Å². The number of amides is 1. The molecule has 5 nitrogen and oxygen atoms in total. The van der Waals surface area contributed by atoms with E-state index in [-0.39, 0.29) is 11.9 Å². The van der Waals surface area contributed by atoms with Gasteiger partial charge in [0.15, 0.2) is 0 Å². The smallest absolute Gasteiger partial charge is 0.251 e. The highest BCUT2D eigenvalue weighted by Gasteiger charge is 2.33. The fourth-order valence-corrected chi connectivity index (χ4v) is 5.55. The molecular formula is C30H44N2O3. The summed E-state index contributed by atoms with van der Waals surface area (Å²) in [6.45, 7) is 3.45. The number of unbranched alkanes of at least 4 members (excludes halogenated alkanes) is 1. The van der Waals surface area contributed by atoms with Crippen LogP contribution in [-0.2, 0) is 10.3 Å². The largest absolute Gasteiger partial charge is 0.385 e. The topological polar surface area (TPSA) is 70.6 Å². The third kappa shape index (κ3) is 7.63. The maximum absolute atomic E-state index is 13.3. The van der Waals surface area contributed by atoms with Gasteiger partial charge in [0.25, 0.3) is 5.91 Å². The molecular weight excluding hydrogens is 436 g/mol. The summed E-state index contributed by atoms with van der Waals surface area (Å²) < 4.78 is 5.21. The van der Waals surface area contributed by atoms with Gasteiger partial charge in [0, 0.05) is 31.9 Å². The summed E-state index contributed by atoms with van der Waals surface area (Å²) in [6.07, 6.45) is 9.73. The second-order valence-corrected chi connectivity index (χ2v) is 10.2. The van der Waals surface area contributed by atoms with E-state index in [0.717, 1.165) is 42.5 Å². The van der Waals surface area contributed by atoms with Crippen molar-refractivity contribution in [2.45, 2.75) is 76.4 Å². The number of benzene rings is 2. The van der Waals surface area contributed by atoms with E-state index >= 15 is 0 Å². The van der Waals surface area contributed by atoms with Gasteiger partial charge in [-0.15, -0.1) is 0 Å². The Balaban J connectivity index is 1.81. The number of likely N-dealkylation sites (N-methyl/N-ethyl adjacent to an activating group) is 1. The first kappa shape index (κ1) is 27.4. The molecule has 0 radical (unpaired) electrons. The second-order valence-electron chi connectivity index (χ2n) is 10.2. The molecule has 0 bridgehead atoms. The van der Waals surface area contributed by atoms with Crippen LogP contribution in [0.5, 0.6) is 0 Å². The summed E-state index contributed by atoms with van der Waals surface area (Å²) in [5, 5.41) is 18.6. The number of aryl methyl sites for hydroxylation is 1. The van der Waals surface area contributed by atoms with Crippen molar-refractivity contribution in [1.82, 2.24) is 10.6 Å². The van der Waals surface area contributed by atoms with E-state index in [1.165, 1.54) is 32.1 Å². The molecule has 0 aromatic heterocycles. The molecule has 0 spiro atoms. The third-order valence-electron chi connectivity index (χ3n) is 7.46. The molecule has 1 amide bonds. The summed E-state index contributed by atoms with van der Waals surface area (Å²) >= 11 is 0. The molecule has 35 heavy (non-hydrogen) atoms. The van der Waals surface area contributed by atoms with E-state index in [2.05, 4.69) is 10.6 Å². The van der Waals surface area contributed by atoms with Gasteiger partial charge in [-0.2, -0.15) is 0 Å². The van der Waals surface area contributed by atoms with Crippen LogP contribution >= 0.6 is 0 Å². The molecule has 0 saturated heterocycles. The molecule has 1 saturated carbocycles. The zero-order valence-electron chi connectivity index (χ0n) is 21.8. The van der Waals surface area contributed by atoms with E-state index < -0.39 is 5.60 Å². The highest BCUT2D eigenvalue weighted by atomic mass is 16.5. The second kappa shape index (κ2) is 13.8. The molecule has 0 aliphatic heterocycles. The number of ether oxygens (including phenoxy) is 1. The van der Waals surface area contributed by atoms with Crippen LogP contribution < -0.4 is 10.6 Å². The van der Waals surface area contributed by atoms with E-state index in [0.29, 0.717) is 24.5 Å². The van der Waals surface area contributed by atoms with Crippen molar-refractivity contribution in [2.24, 2.45) is 5.92 Å². The van der Waals surface area contributed by atoms with E-state index in [1.807, 2.05) is 62.5 Å². The van der Waals surface area contributed by atoms with Crippen molar-refractivity contribution in [3.63, 3.8) is 0 Å². The number of rotatable bonds is 13. The SMILES string of the molecule is CNC[C@H](CC1CCCCC1)NC(=O)c1cccc([C@@](O)(CCCCOC)c2ccccc2C)c1. The zero-order valence-corrected chi connectivity index (χ0v) is 21.8. The van der Waals surface area contributed by atoms with Crippen LogP contribution in [0.3, 0.4) is 0 Å². The Kier molecular flexibility index (Phi) is 10.8. The normalized spacial score (nSPS) is 17.0. The van der Waals surface area contributed by atoms with Gasteiger partial charge in [0.05, 0.1) is 0 Å². The molecule has 1 fully saturated rings. The zero-order chi connectivity index (χ0) is 25.1. The van der Waals surface area contributed by atoms with Crippen molar-refractivity contribution in [3.05, 3.63) is 70.8 Å². The number of aliphatic hydroxyl groups is 1. The maximum Gasteiger partial charge on any atom is 0.251 e. The molecule has 192 valence electrons. The number of hydrogen-bond acceptors (Lipinski definition) is 4.